The Kier molecular flexibility index (Phi) is 5.19. The number of benzene rings is 1. The van der Waals surface area contributed by atoms with Gasteiger partial charge in [0.15, 0.2) is 0 Å². The van der Waals surface area contributed by atoms with Gasteiger partial charge in [-0.1, -0.05) is 33.8 Å². The summed E-state index contributed by atoms with van der Waals surface area (Å²) in [5.74, 6) is -0.554. The molecule has 0 saturated heterocycles. The smallest absolute Gasteiger partial charge is 0.312 e. The highest BCUT2D eigenvalue weighted by molar-refractivity contribution is 5.30. The van der Waals surface area contributed by atoms with Gasteiger partial charge in [-0.2, -0.15) is 13.2 Å². The molecule has 1 nitrogen and oxygen atoms in total. The first-order chi connectivity index (χ1) is 9.01. The normalized spacial score (nSPS) is 14.4. The molecular weight excluding hydrogens is 270 g/mol. The molecule has 0 radical (unpaired) electrons. The zero-order valence-corrected chi connectivity index (χ0v) is 12.2. The van der Waals surface area contributed by atoms with Crippen LogP contribution < -0.4 is 5.32 Å². The van der Waals surface area contributed by atoms with Crippen LogP contribution in [0.25, 0.3) is 0 Å². The molecule has 0 heterocycles. The molecule has 1 atom stereocenters. The van der Waals surface area contributed by atoms with E-state index in [-0.39, 0.29) is 17.5 Å². The fourth-order valence-corrected chi connectivity index (χ4v) is 1.70. The lowest BCUT2D eigenvalue weighted by atomic mass is 9.82. The maximum absolute atomic E-state index is 13.0. The molecule has 0 amide bonds. The van der Waals surface area contributed by atoms with Crippen LogP contribution in [0, 0.1) is 17.2 Å². The van der Waals surface area contributed by atoms with Gasteiger partial charge in [-0.25, -0.2) is 4.39 Å². The Morgan fingerprint density at radius 2 is 1.75 bits per heavy atom. The molecule has 114 valence electrons. The van der Waals surface area contributed by atoms with E-state index >= 15 is 0 Å². The Labute approximate surface area is 117 Å². The van der Waals surface area contributed by atoms with E-state index in [4.69, 9.17) is 0 Å². The minimum Gasteiger partial charge on any atom is -0.312 e. The average molecular weight is 291 g/mol. The first-order valence-electron chi connectivity index (χ1n) is 6.58. The van der Waals surface area contributed by atoms with Crippen LogP contribution in [0.15, 0.2) is 18.2 Å². The predicted octanol–water partition coefficient (Wildman–Crippen LogP) is 4.62. The molecule has 1 N–H and O–H groups in total. The standard InChI is InChI=1S/C15H21F4N/c1-10(14(2,3)4)8-20-9-11-5-6-12(16)7-13(11)15(17,18)19/h5-7,10,20H,8-9H2,1-4H3. The lowest BCUT2D eigenvalue weighted by molar-refractivity contribution is -0.138. The zero-order valence-electron chi connectivity index (χ0n) is 12.2. The van der Waals surface area contributed by atoms with E-state index in [0.717, 1.165) is 6.07 Å². The maximum Gasteiger partial charge on any atom is 0.416 e. The van der Waals surface area contributed by atoms with E-state index in [2.05, 4.69) is 26.1 Å². The Morgan fingerprint density at radius 3 is 2.25 bits per heavy atom. The SMILES string of the molecule is CC(CNCc1ccc(F)cc1C(F)(F)F)C(C)(C)C. The third kappa shape index (κ3) is 4.78. The van der Waals surface area contributed by atoms with Gasteiger partial charge in [0.05, 0.1) is 5.56 Å². The molecule has 0 spiro atoms. The highest BCUT2D eigenvalue weighted by Gasteiger charge is 2.33. The largest absolute Gasteiger partial charge is 0.416 e. The summed E-state index contributed by atoms with van der Waals surface area (Å²) in [6.45, 7) is 8.98. The number of hydrogen-bond acceptors (Lipinski definition) is 1. The van der Waals surface area contributed by atoms with E-state index in [1.165, 1.54) is 6.07 Å². The molecule has 0 aromatic heterocycles. The molecule has 0 fully saturated rings. The van der Waals surface area contributed by atoms with Crippen molar-refractivity contribution >= 4 is 0 Å². The number of nitrogens with one attached hydrogen (secondary N) is 1. The molecule has 0 bridgehead atoms. The van der Waals surface area contributed by atoms with Crippen LogP contribution in [0.1, 0.15) is 38.8 Å². The van der Waals surface area contributed by atoms with E-state index in [1.54, 1.807) is 0 Å². The van der Waals surface area contributed by atoms with Crippen molar-refractivity contribution in [3.63, 3.8) is 0 Å². The molecule has 0 saturated carbocycles. The fourth-order valence-electron chi connectivity index (χ4n) is 1.70. The third-order valence-electron chi connectivity index (χ3n) is 3.62. The van der Waals surface area contributed by atoms with Gasteiger partial charge in [-0.05, 0) is 35.6 Å². The van der Waals surface area contributed by atoms with Gasteiger partial charge in [0.2, 0.25) is 0 Å². The Morgan fingerprint density at radius 1 is 1.15 bits per heavy atom. The van der Waals surface area contributed by atoms with Crippen molar-refractivity contribution in [2.75, 3.05) is 6.54 Å². The van der Waals surface area contributed by atoms with E-state index in [9.17, 15) is 17.6 Å². The van der Waals surface area contributed by atoms with E-state index < -0.39 is 17.6 Å². The first-order valence-corrected chi connectivity index (χ1v) is 6.58. The lowest BCUT2D eigenvalue weighted by Crippen LogP contribution is -2.30. The van der Waals surface area contributed by atoms with Crippen molar-refractivity contribution in [1.29, 1.82) is 0 Å². The van der Waals surface area contributed by atoms with E-state index in [0.29, 0.717) is 18.5 Å². The third-order valence-corrected chi connectivity index (χ3v) is 3.62. The second-order valence-electron chi connectivity index (χ2n) is 6.20. The van der Waals surface area contributed by atoms with Crippen molar-refractivity contribution in [2.24, 2.45) is 11.3 Å². The minimum atomic E-state index is -4.53. The van der Waals surface area contributed by atoms with Gasteiger partial charge in [-0.3, -0.25) is 0 Å². The molecule has 1 unspecified atom stereocenters. The number of halogens is 4. The summed E-state index contributed by atoms with van der Waals surface area (Å²) < 4.78 is 51.4. The molecule has 0 aliphatic carbocycles. The Balaban J connectivity index is 2.74. The topological polar surface area (TPSA) is 12.0 Å². The predicted molar refractivity (Wildman–Crippen MR) is 71.7 cm³/mol. The van der Waals surface area contributed by atoms with Crippen LogP contribution in [-0.4, -0.2) is 6.54 Å². The number of rotatable bonds is 4. The van der Waals surface area contributed by atoms with Crippen LogP contribution in [0.5, 0.6) is 0 Å². The summed E-state index contributed by atoms with van der Waals surface area (Å²) in [5.41, 5.74) is -0.753. The summed E-state index contributed by atoms with van der Waals surface area (Å²) in [6.07, 6.45) is -4.53. The molecular formula is C15H21F4N. The molecule has 1 aromatic rings. The van der Waals surface area contributed by atoms with Crippen LogP contribution in [-0.2, 0) is 12.7 Å². The number of hydrogen-bond donors (Lipinski definition) is 1. The summed E-state index contributed by atoms with van der Waals surface area (Å²) >= 11 is 0. The fraction of sp³-hybridized carbons (Fsp3) is 0.600. The second kappa shape index (κ2) is 6.12. The van der Waals surface area contributed by atoms with Crippen molar-refractivity contribution in [2.45, 2.75) is 40.4 Å². The Hall–Kier alpha value is -1.10. The van der Waals surface area contributed by atoms with Crippen molar-refractivity contribution < 1.29 is 17.6 Å². The van der Waals surface area contributed by atoms with Gasteiger partial charge in [0.25, 0.3) is 0 Å². The monoisotopic (exact) mass is 291 g/mol. The highest BCUT2D eigenvalue weighted by Crippen LogP contribution is 2.32. The summed E-state index contributed by atoms with van der Waals surface area (Å²) in [4.78, 5) is 0. The van der Waals surface area contributed by atoms with Gasteiger partial charge in [0, 0.05) is 6.54 Å². The van der Waals surface area contributed by atoms with Crippen molar-refractivity contribution in [3.8, 4) is 0 Å². The summed E-state index contributed by atoms with van der Waals surface area (Å²) in [5, 5.41) is 3.02. The maximum atomic E-state index is 13.0. The number of alkyl halides is 3. The second-order valence-corrected chi connectivity index (χ2v) is 6.20. The zero-order chi connectivity index (χ0) is 15.6. The van der Waals surface area contributed by atoms with Gasteiger partial charge in [-0.15, -0.1) is 0 Å². The molecule has 0 aliphatic rings. The lowest BCUT2D eigenvalue weighted by Gasteiger charge is -2.27. The molecule has 1 rings (SSSR count). The molecule has 1 aromatic carbocycles. The van der Waals surface area contributed by atoms with E-state index in [1.807, 2.05) is 6.92 Å². The van der Waals surface area contributed by atoms with Gasteiger partial charge in [0.1, 0.15) is 5.82 Å². The van der Waals surface area contributed by atoms with Crippen LogP contribution in [0.4, 0.5) is 17.6 Å². The Bertz CT molecular complexity index is 446. The van der Waals surface area contributed by atoms with Gasteiger partial charge < -0.3 is 5.32 Å². The highest BCUT2D eigenvalue weighted by atomic mass is 19.4. The average Bonchev–Trinajstić information content (AvgIpc) is 2.28. The van der Waals surface area contributed by atoms with Crippen molar-refractivity contribution in [1.82, 2.24) is 5.32 Å². The quantitative estimate of drug-likeness (QED) is 0.798. The van der Waals surface area contributed by atoms with Crippen LogP contribution in [0.2, 0.25) is 0 Å². The molecule has 5 heteroatoms. The molecule has 0 aliphatic heterocycles. The summed E-state index contributed by atoms with van der Waals surface area (Å²) in [7, 11) is 0. The van der Waals surface area contributed by atoms with Crippen LogP contribution in [0.3, 0.4) is 0 Å². The van der Waals surface area contributed by atoms with Crippen molar-refractivity contribution in [3.05, 3.63) is 35.1 Å². The van der Waals surface area contributed by atoms with Gasteiger partial charge >= 0.3 is 6.18 Å². The van der Waals surface area contributed by atoms with Crippen LogP contribution >= 0.6 is 0 Å². The summed E-state index contributed by atoms with van der Waals surface area (Å²) in [6, 6.07) is 2.79. The minimum absolute atomic E-state index is 0.0695. The molecule has 20 heavy (non-hydrogen) atoms. The first kappa shape index (κ1) is 17.0.